The molecule has 1 aromatic heterocycles. The lowest BCUT2D eigenvalue weighted by Crippen LogP contribution is -1.83. The molecule has 3 aromatic rings. The second kappa shape index (κ2) is 6.52. The predicted octanol–water partition coefficient (Wildman–Crippen LogP) is 6.83. The van der Waals surface area contributed by atoms with E-state index in [9.17, 15) is 0 Å². The van der Waals surface area contributed by atoms with Gasteiger partial charge in [-0.1, -0.05) is 74.1 Å². The molecule has 4 rings (SSSR count). The Balaban J connectivity index is 1.87. The minimum Gasteiger partial charge on any atom is -0.455 e. The van der Waals surface area contributed by atoms with Crippen LogP contribution in [0.15, 0.2) is 71.2 Å². The van der Waals surface area contributed by atoms with Crippen LogP contribution >= 0.6 is 0 Å². The van der Waals surface area contributed by atoms with E-state index < -0.39 is 0 Å². The third-order valence-corrected chi connectivity index (χ3v) is 4.67. The molecule has 0 spiro atoms. The van der Waals surface area contributed by atoms with Crippen molar-refractivity contribution in [3.05, 3.63) is 77.9 Å². The van der Waals surface area contributed by atoms with Crippen LogP contribution in [0, 0.1) is 0 Å². The van der Waals surface area contributed by atoms with Crippen LogP contribution in [0.25, 0.3) is 27.5 Å². The van der Waals surface area contributed by atoms with Gasteiger partial charge in [0.05, 0.1) is 0 Å². The summed E-state index contributed by atoms with van der Waals surface area (Å²) in [5.41, 5.74) is 5.73. The Labute approximate surface area is 143 Å². The van der Waals surface area contributed by atoms with Crippen LogP contribution in [-0.2, 0) is 6.42 Å². The number of hydrogen-bond acceptors (Lipinski definition) is 1. The van der Waals surface area contributed by atoms with E-state index in [1.54, 1.807) is 0 Å². The van der Waals surface area contributed by atoms with Crippen molar-refractivity contribution in [1.29, 1.82) is 0 Å². The summed E-state index contributed by atoms with van der Waals surface area (Å²) in [7, 11) is 0. The maximum atomic E-state index is 6.30. The lowest BCUT2D eigenvalue weighted by Gasteiger charge is -2.02. The zero-order valence-electron chi connectivity index (χ0n) is 14.1. The minimum absolute atomic E-state index is 0.983. The molecule has 0 atom stereocenters. The second-order valence-corrected chi connectivity index (χ2v) is 6.41. The van der Waals surface area contributed by atoms with Crippen LogP contribution in [0.3, 0.4) is 0 Å². The van der Waals surface area contributed by atoms with Crippen molar-refractivity contribution in [2.45, 2.75) is 32.6 Å². The Morgan fingerprint density at radius 1 is 1.04 bits per heavy atom. The first-order valence-electron chi connectivity index (χ1n) is 8.84. The largest absolute Gasteiger partial charge is 0.455 e. The molecule has 0 aliphatic heterocycles. The monoisotopic (exact) mass is 314 g/mol. The molecule has 0 unspecified atom stereocenters. The van der Waals surface area contributed by atoms with Gasteiger partial charge >= 0.3 is 0 Å². The average Bonchev–Trinajstić information content (AvgIpc) is 2.79. The van der Waals surface area contributed by atoms with Gasteiger partial charge in [0.25, 0.3) is 0 Å². The highest BCUT2D eigenvalue weighted by molar-refractivity contribution is 6.08. The van der Waals surface area contributed by atoms with E-state index in [0.717, 1.165) is 24.0 Å². The van der Waals surface area contributed by atoms with Gasteiger partial charge in [-0.05, 0) is 36.5 Å². The summed E-state index contributed by atoms with van der Waals surface area (Å²) in [5, 5.41) is 2.41. The first-order chi connectivity index (χ1) is 11.9. The van der Waals surface area contributed by atoms with Gasteiger partial charge in [0.2, 0.25) is 0 Å². The van der Waals surface area contributed by atoms with Gasteiger partial charge in [-0.15, -0.1) is 0 Å². The lowest BCUT2D eigenvalue weighted by atomic mass is 10.0. The molecule has 1 heterocycles. The molecule has 0 saturated heterocycles. The van der Waals surface area contributed by atoms with Crippen molar-refractivity contribution in [3.63, 3.8) is 0 Å². The maximum Gasteiger partial charge on any atom is 0.143 e. The number of hydrogen-bond donors (Lipinski definition) is 0. The number of fused-ring (bicyclic) bond motifs is 3. The maximum absolute atomic E-state index is 6.30. The molecule has 1 nitrogen and oxygen atoms in total. The van der Waals surface area contributed by atoms with E-state index in [0.29, 0.717) is 0 Å². The molecule has 1 heteroatoms. The van der Waals surface area contributed by atoms with Gasteiger partial charge in [-0.3, -0.25) is 0 Å². The van der Waals surface area contributed by atoms with E-state index in [1.807, 2.05) is 0 Å². The second-order valence-electron chi connectivity index (χ2n) is 6.41. The van der Waals surface area contributed by atoms with Gasteiger partial charge in [0, 0.05) is 16.3 Å². The molecule has 0 amide bonds. The Kier molecular flexibility index (Phi) is 4.08. The molecular weight excluding hydrogens is 292 g/mol. The van der Waals surface area contributed by atoms with Crippen LogP contribution in [0.1, 0.15) is 37.3 Å². The predicted molar refractivity (Wildman–Crippen MR) is 103 cm³/mol. The lowest BCUT2D eigenvalue weighted by molar-refractivity contribution is 0.666. The van der Waals surface area contributed by atoms with E-state index in [4.69, 9.17) is 4.42 Å². The summed E-state index contributed by atoms with van der Waals surface area (Å²) in [4.78, 5) is 0. The quantitative estimate of drug-likeness (QED) is 0.514. The van der Waals surface area contributed by atoms with Crippen molar-refractivity contribution >= 4 is 27.5 Å². The number of furan rings is 1. The fourth-order valence-electron chi connectivity index (χ4n) is 3.37. The topological polar surface area (TPSA) is 13.1 Å². The van der Waals surface area contributed by atoms with E-state index >= 15 is 0 Å². The summed E-state index contributed by atoms with van der Waals surface area (Å²) in [6.45, 7) is 2.23. The van der Waals surface area contributed by atoms with Gasteiger partial charge in [-0.2, -0.15) is 0 Å². The number of benzene rings is 2. The van der Waals surface area contributed by atoms with Crippen molar-refractivity contribution < 1.29 is 4.42 Å². The molecule has 24 heavy (non-hydrogen) atoms. The zero-order chi connectivity index (χ0) is 16.4. The third-order valence-electron chi connectivity index (χ3n) is 4.67. The van der Waals surface area contributed by atoms with Gasteiger partial charge in [-0.25, -0.2) is 0 Å². The number of allylic oxidation sites excluding steroid dienone is 6. The standard InChI is InChI=1S/C23H22O/c1-2-3-9-17-14-15-20-21-13-8-12-19(23(21)24-22(20)16-17)18-10-6-4-5-7-11-18/h4,6-8,10-16H,2-3,5,9H2,1H3. The molecule has 0 bridgehead atoms. The molecule has 0 saturated carbocycles. The van der Waals surface area contributed by atoms with Crippen molar-refractivity contribution in [2.75, 3.05) is 0 Å². The van der Waals surface area contributed by atoms with Gasteiger partial charge in [0.1, 0.15) is 11.2 Å². The molecular formula is C23H22O. The molecule has 1 aliphatic carbocycles. The Hall–Kier alpha value is -2.54. The molecule has 0 radical (unpaired) electrons. The normalized spacial score (nSPS) is 14.3. The molecule has 120 valence electrons. The van der Waals surface area contributed by atoms with Crippen LogP contribution in [-0.4, -0.2) is 0 Å². The van der Waals surface area contributed by atoms with E-state index in [-0.39, 0.29) is 0 Å². The smallest absolute Gasteiger partial charge is 0.143 e. The first kappa shape index (κ1) is 15.0. The van der Waals surface area contributed by atoms with Crippen LogP contribution in [0.2, 0.25) is 0 Å². The highest BCUT2D eigenvalue weighted by Gasteiger charge is 2.12. The number of unbranched alkanes of at least 4 members (excludes halogenated alkanes) is 1. The van der Waals surface area contributed by atoms with Crippen molar-refractivity contribution in [1.82, 2.24) is 0 Å². The number of aryl methyl sites for hydroxylation is 1. The van der Waals surface area contributed by atoms with Crippen molar-refractivity contribution in [2.24, 2.45) is 0 Å². The summed E-state index contributed by atoms with van der Waals surface area (Å²) < 4.78 is 6.30. The van der Waals surface area contributed by atoms with Gasteiger partial charge < -0.3 is 4.42 Å². The number of para-hydroxylation sites is 1. The van der Waals surface area contributed by atoms with Crippen LogP contribution < -0.4 is 0 Å². The fraction of sp³-hybridized carbons (Fsp3) is 0.217. The Bertz CT molecular complexity index is 966. The Morgan fingerprint density at radius 2 is 2.00 bits per heavy atom. The first-order valence-corrected chi connectivity index (χ1v) is 8.84. The Morgan fingerprint density at radius 3 is 2.92 bits per heavy atom. The SMILES string of the molecule is CCCCc1ccc2c(c1)oc1c(C3=CC=CCC=C3)cccc12. The van der Waals surface area contributed by atoms with Crippen LogP contribution in [0.4, 0.5) is 0 Å². The summed E-state index contributed by atoms with van der Waals surface area (Å²) in [6.07, 6.45) is 15.4. The van der Waals surface area contributed by atoms with Crippen LogP contribution in [0.5, 0.6) is 0 Å². The highest BCUT2D eigenvalue weighted by atomic mass is 16.3. The minimum atomic E-state index is 0.983. The summed E-state index contributed by atoms with van der Waals surface area (Å²) in [5.74, 6) is 0. The average molecular weight is 314 g/mol. The fourth-order valence-corrected chi connectivity index (χ4v) is 3.37. The highest BCUT2D eigenvalue weighted by Crippen LogP contribution is 2.35. The van der Waals surface area contributed by atoms with E-state index in [1.165, 1.54) is 40.3 Å². The van der Waals surface area contributed by atoms with Gasteiger partial charge in [0.15, 0.2) is 0 Å². The molecule has 0 N–H and O–H groups in total. The van der Waals surface area contributed by atoms with E-state index in [2.05, 4.69) is 73.7 Å². The van der Waals surface area contributed by atoms with Crippen molar-refractivity contribution in [3.8, 4) is 0 Å². The molecule has 1 aliphatic rings. The zero-order valence-corrected chi connectivity index (χ0v) is 14.1. The number of rotatable bonds is 4. The summed E-state index contributed by atoms with van der Waals surface area (Å²) in [6, 6.07) is 13.1. The molecule has 0 fully saturated rings. The summed E-state index contributed by atoms with van der Waals surface area (Å²) >= 11 is 0. The third kappa shape index (κ3) is 2.71. The molecule has 2 aromatic carbocycles.